The van der Waals surface area contributed by atoms with Gasteiger partial charge in [0.1, 0.15) is 11.6 Å². The first-order valence-electron chi connectivity index (χ1n) is 11.7. The lowest BCUT2D eigenvalue weighted by molar-refractivity contribution is -0.303. The van der Waals surface area contributed by atoms with E-state index in [0.717, 1.165) is 47.5 Å². The highest BCUT2D eigenvalue weighted by Gasteiger charge is 2.31. The molecule has 0 atom stereocenters. The number of anilines is 2. The fraction of sp³-hybridized carbons (Fsp3) is 0.407. The van der Waals surface area contributed by atoms with Gasteiger partial charge in [-0.05, 0) is 81.4 Å². The number of hydrogen-bond donors (Lipinski definition) is 2. The topological polar surface area (TPSA) is 75.7 Å². The van der Waals surface area contributed by atoms with Crippen LogP contribution in [-0.2, 0) is 14.3 Å². The summed E-state index contributed by atoms with van der Waals surface area (Å²) in [4.78, 5) is 19.2. The molecule has 0 aliphatic carbocycles. The minimum Gasteiger partial charge on any atom is -0.488 e. The molecule has 0 unspecified atom stereocenters. The van der Waals surface area contributed by atoms with E-state index < -0.39 is 18.0 Å². The lowest BCUT2D eigenvalue weighted by Gasteiger charge is -2.28. The fourth-order valence-corrected chi connectivity index (χ4v) is 3.71. The third-order valence-electron chi connectivity index (χ3n) is 5.14. The van der Waals surface area contributed by atoms with Crippen molar-refractivity contribution in [3.05, 3.63) is 66.2 Å². The van der Waals surface area contributed by atoms with Gasteiger partial charge in [0, 0.05) is 24.2 Å². The molecule has 1 amide bonds. The predicted molar refractivity (Wildman–Crippen MR) is 141 cm³/mol. The fourth-order valence-electron chi connectivity index (χ4n) is 3.71. The number of fused-ring (bicyclic) bond motifs is 1. The molecule has 2 aromatic rings. The van der Waals surface area contributed by atoms with Gasteiger partial charge >= 0.3 is 6.36 Å². The molecule has 0 aliphatic rings. The number of pyridine rings is 1. The van der Waals surface area contributed by atoms with E-state index in [1.807, 2.05) is 25.1 Å². The van der Waals surface area contributed by atoms with Gasteiger partial charge in [-0.15, -0.1) is 13.2 Å². The van der Waals surface area contributed by atoms with Crippen LogP contribution in [0, 0.1) is 12.3 Å². The zero-order valence-electron chi connectivity index (χ0n) is 22.1. The molecule has 2 N–H and O–H groups in total. The second kappa shape index (κ2) is 12.6. The molecule has 10 heteroatoms. The van der Waals surface area contributed by atoms with Gasteiger partial charge in [0.25, 0.3) is 5.91 Å². The van der Waals surface area contributed by atoms with E-state index in [0.29, 0.717) is 5.69 Å². The maximum Gasteiger partial charge on any atom is 0.573 e. The molecule has 0 bridgehead atoms. The average molecular weight is 521 g/mol. The van der Waals surface area contributed by atoms with Gasteiger partial charge in [0.2, 0.25) is 0 Å². The molecule has 37 heavy (non-hydrogen) atoms. The van der Waals surface area contributed by atoms with Crippen molar-refractivity contribution in [2.24, 2.45) is 5.41 Å². The number of carbonyl (C=O) groups excluding carboxylic acids is 1. The summed E-state index contributed by atoms with van der Waals surface area (Å²) in [5.74, 6) is 0.112. The Balaban J connectivity index is 2.00. The van der Waals surface area contributed by atoms with Crippen LogP contribution in [0.4, 0.5) is 24.7 Å². The quantitative estimate of drug-likeness (QED) is 0.264. The van der Waals surface area contributed by atoms with E-state index in [1.165, 1.54) is 13.0 Å². The van der Waals surface area contributed by atoms with Crippen LogP contribution in [0.3, 0.4) is 0 Å². The number of alkyl halides is 3. The number of benzene rings is 1. The van der Waals surface area contributed by atoms with Gasteiger partial charge in [0.15, 0.2) is 6.61 Å². The maximum atomic E-state index is 12.3. The molecule has 0 saturated heterocycles. The molecule has 7 nitrogen and oxygen atoms in total. The molecule has 0 spiro atoms. The zero-order chi connectivity index (χ0) is 27.8. The number of allylic oxidation sites excluding steroid dienone is 4. The summed E-state index contributed by atoms with van der Waals surface area (Å²) in [5.41, 5.74) is 2.45. The van der Waals surface area contributed by atoms with Crippen LogP contribution < -0.4 is 10.6 Å². The number of aromatic nitrogens is 1. The summed E-state index contributed by atoms with van der Waals surface area (Å²) < 4.78 is 46.0. The summed E-state index contributed by atoms with van der Waals surface area (Å²) in [6.45, 7) is 12.5. The maximum absolute atomic E-state index is 12.3. The SMILES string of the molecule is C=C/C(=C\C=C(/C)OCC(=O)Nc1ccc2nc(NCC(C)(C)CN(C)C)cc(C)c2c1)OC(F)(F)F. The van der Waals surface area contributed by atoms with Crippen molar-refractivity contribution in [2.45, 2.75) is 34.1 Å². The van der Waals surface area contributed by atoms with Crippen LogP contribution in [0.5, 0.6) is 0 Å². The van der Waals surface area contributed by atoms with Crippen LogP contribution in [-0.4, -0.2) is 55.9 Å². The second-order valence-electron chi connectivity index (χ2n) is 9.75. The Morgan fingerprint density at radius 1 is 1.19 bits per heavy atom. The Morgan fingerprint density at radius 3 is 2.51 bits per heavy atom. The summed E-state index contributed by atoms with van der Waals surface area (Å²) in [7, 11) is 4.10. The Hall–Kier alpha value is -3.53. The van der Waals surface area contributed by atoms with Gasteiger partial charge in [0.05, 0.1) is 11.3 Å². The zero-order valence-corrected chi connectivity index (χ0v) is 22.1. The number of hydrogen-bond acceptors (Lipinski definition) is 6. The number of ether oxygens (including phenoxy) is 2. The van der Waals surface area contributed by atoms with E-state index in [9.17, 15) is 18.0 Å². The molecular weight excluding hydrogens is 485 g/mol. The predicted octanol–water partition coefficient (Wildman–Crippen LogP) is 6.01. The highest BCUT2D eigenvalue weighted by atomic mass is 19.4. The number of amides is 1. The van der Waals surface area contributed by atoms with Crippen molar-refractivity contribution in [1.29, 1.82) is 0 Å². The van der Waals surface area contributed by atoms with E-state index >= 15 is 0 Å². The van der Waals surface area contributed by atoms with Crippen molar-refractivity contribution in [3.8, 4) is 0 Å². The number of carbonyl (C=O) groups is 1. The van der Waals surface area contributed by atoms with E-state index in [2.05, 4.69) is 54.8 Å². The molecule has 0 aliphatic heterocycles. The molecular formula is C27H35F3N4O3. The Labute approximate surface area is 216 Å². The van der Waals surface area contributed by atoms with Gasteiger partial charge in [-0.3, -0.25) is 4.79 Å². The highest BCUT2D eigenvalue weighted by Crippen LogP contribution is 2.25. The average Bonchev–Trinajstić information content (AvgIpc) is 2.78. The Kier molecular flexibility index (Phi) is 10.1. The van der Waals surface area contributed by atoms with Crippen molar-refractivity contribution in [3.63, 3.8) is 0 Å². The highest BCUT2D eigenvalue weighted by molar-refractivity contribution is 5.95. The number of halogens is 3. The van der Waals surface area contributed by atoms with Gasteiger partial charge in [-0.2, -0.15) is 0 Å². The summed E-state index contributed by atoms with van der Waals surface area (Å²) in [6, 6.07) is 7.40. The van der Waals surface area contributed by atoms with Crippen molar-refractivity contribution < 1.29 is 27.4 Å². The molecule has 1 heterocycles. The van der Waals surface area contributed by atoms with Crippen LogP contribution in [0.1, 0.15) is 26.3 Å². The largest absolute Gasteiger partial charge is 0.573 e. The third-order valence-corrected chi connectivity index (χ3v) is 5.14. The second-order valence-corrected chi connectivity index (χ2v) is 9.75. The Bertz CT molecular complexity index is 1170. The van der Waals surface area contributed by atoms with E-state index in [-0.39, 0.29) is 17.8 Å². The van der Waals surface area contributed by atoms with E-state index in [1.54, 1.807) is 6.07 Å². The van der Waals surface area contributed by atoms with E-state index in [4.69, 9.17) is 9.72 Å². The minimum atomic E-state index is -4.82. The van der Waals surface area contributed by atoms with Crippen LogP contribution >= 0.6 is 0 Å². The number of nitrogens with one attached hydrogen (secondary N) is 2. The first kappa shape index (κ1) is 29.7. The van der Waals surface area contributed by atoms with Gasteiger partial charge in [-0.25, -0.2) is 4.98 Å². The normalized spacial score (nSPS) is 13.0. The standard InChI is InChI=1S/C27H35F3N4O3/c1-8-21(37-27(28,29)30)11-9-19(3)36-15-25(35)32-20-10-12-23-22(14-20)18(2)13-24(33-23)31-16-26(4,5)17-34(6)7/h8-14H,1,15-17H2,2-7H3,(H,31,33)(H,32,35)/b19-9+,21-11+. The van der Waals surface area contributed by atoms with Crippen LogP contribution in [0.15, 0.2) is 60.6 Å². The lowest BCUT2D eigenvalue weighted by Crippen LogP contribution is -2.34. The molecule has 0 fully saturated rings. The third kappa shape index (κ3) is 10.5. The van der Waals surface area contributed by atoms with Crippen LogP contribution in [0.25, 0.3) is 10.9 Å². The molecule has 1 aromatic heterocycles. The molecule has 0 radical (unpaired) electrons. The molecule has 2 rings (SSSR count). The monoisotopic (exact) mass is 520 g/mol. The summed E-state index contributed by atoms with van der Waals surface area (Å²) in [6.07, 6.45) is -1.59. The number of aryl methyl sites for hydroxylation is 1. The Morgan fingerprint density at radius 2 is 1.89 bits per heavy atom. The molecule has 0 saturated carbocycles. The number of nitrogens with zero attached hydrogens (tertiary/aromatic N) is 2. The molecule has 1 aromatic carbocycles. The molecule has 202 valence electrons. The van der Waals surface area contributed by atoms with Gasteiger partial charge < -0.3 is 25.0 Å². The summed E-state index contributed by atoms with van der Waals surface area (Å²) in [5, 5.41) is 7.09. The van der Waals surface area contributed by atoms with Gasteiger partial charge in [-0.1, -0.05) is 20.4 Å². The number of rotatable bonds is 12. The van der Waals surface area contributed by atoms with Crippen molar-refractivity contribution in [1.82, 2.24) is 9.88 Å². The minimum absolute atomic E-state index is 0.0683. The summed E-state index contributed by atoms with van der Waals surface area (Å²) >= 11 is 0. The van der Waals surface area contributed by atoms with Crippen molar-refractivity contribution >= 4 is 28.3 Å². The first-order valence-corrected chi connectivity index (χ1v) is 11.7. The first-order chi connectivity index (χ1) is 17.2. The van der Waals surface area contributed by atoms with Crippen molar-refractivity contribution in [2.75, 3.05) is 44.4 Å². The van der Waals surface area contributed by atoms with Crippen LogP contribution in [0.2, 0.25) is 0 Å². The lowest BCUT2D eigenvalue weighted by atomic mass is 9.93. The smallest absolute Gasteiger partial charge is 0.488 e.